The van der Waals surface area contributed by atoms with Gasteiger partial charge >= 0.3 is 0 Å². The Morgan fingerprint density at radius 2 is 1.24 bits per heavy atom. The van der Waals surface area contributed by atoms with Gasteiger partial charge in [0.1, 0.15) is 5.75 Å². The predicted octanol–water partition coefficient (Wildman–Crippen LogP) is 4.55. The zero-order valence-electron chi connectivity index (χ0n) is 10.4. The molecule has 1 heteroatoms. The molecule has 0 aliphatic rings. The Morgan fingerprint density at radius 3 is 1.71 bits per heavy atom. The monoisotopic (exact) mass is 228 g/mol. The highest BCUT2D eigenvalue weighted by molar-refractivity contribution is 5.20. The van der Waals surface area contributed by atoms with Gasteiger partial charge in [-0.3, -0.25) is 0 Å². The lowest BCUT2D eigenvalue weighted by molar-refractivity contribution is 0.309. The number of ether oxygens (including phenoxy) is 1. The first-order valence-electron chi connectivity index (χ1n) is 6.11. The lowest BCUT2D eigenvalue weighted by Crippen LogP contribution is -1.95. The summed E-state index contributed by atoms with van der Waals surface area (Å²) in [5.74, 6) is 0.973. The maximum absolute atomic E-state index is 5.45. The molecule has 0 radical (unpaired) electrons. The van der Waals surface area contributed by atoms with Crippen LogP contribution in [0.3, 0.4) is 0 Å². The topological polar surface area (TPSA) is 9.23 Å². The van der Waals surface area contributed by atoms with Crippen molar-refractivity contribution in [3.05, 3.63) is 66.7 Å². The van der Waals surface area contributed by atoms with Crippen LogP contribution in [0.4, 0.5) is 0 Å². The molecule has 0 N–H and O–H groups in total. The van der Waals surface area contributed by atoms with E-state index in [1.807, 2.05) is 66.7 Å². The van der Waals surface area contributed by atoms with Gasteiger partial charge in [0.25, 0.3) is 0 Å². The molecule has 0 amide bonds. The van der Waals surface area contributed by atoms with Crippen molar-refractivity contribution >= 4 is 0 Å². The van der Waals surface area contributed by atoms with Crippen molar-refractivity contribution in [1.82, 2.24) is 0 Å². The second-order valence-electron chi connectivity index (χ2n) is 3.67. The maximum Gasteiger partial charge on any atom is 0.119 e. The number of rotatable bonds is 4. The average molecular weight is 228 g/mol. The van der Waals surface area contributed by atoms with E-state index in [9.17, 15) is 0 Å². The number of hydrogen-bond acceptors (Lipinski definition) is 1. The van der Waals surface area contributed by atoms with Gasteiger partial charge in [0.2, 0.25) is 0 Å². The molecule has 2 aromatic carbocycles. The normalized spacial score (nSPS) is 9.00. The molecule has 2 rings (SSSR count). The van der Waals surface area contributed by atoms with Gasteiger partial charge in [-0.25, -0.2) is 0 Å². The Hall–Kier alpha value is -1.76. The van der Waals surface area contributed by atoms with Crippen molar-refractivity contribution in [3.8, 4) is 5.75 Å². The number of unbranched alkanes of at least 4 members (excludes halogenated alkanes) is 1. The second kappa shape index (κ2) is 9.46. The Bertz CT molecular complexity index is 329. The molecular formula is C16H20O. The molecule has 0 aliphatic carbocycles. The summed E-state index contributed by atoms with van der Waals surface area (Å²) in [6, 6.07) is 21.9. The molecule has 0 aliphatic heterocycles. The summed E-state index contributed by atoms with van der Waals surface area (Å²) in [6.45, 7) is 2.99. The van der Waals surface area contributed by atoms with Crippen molar-refractivity contribution in [2.75, 3.05) is 6.61 Å². The quantitative estimate of drug-likeness (QED) is 0.697. The maximum atomic E-state index is 5.45. The Morgan fingerprint density at radius 1 is 0.765 bits per heavy atom. The highest BCUT2D eigenvalue weighted by Gasteiger charge is 1.88. The van der Waals surface area contributed by atoms with Gasteiger partial charge in [-0.05, 0) is 18.6 Å². The highest BCUT2D eigenvalue weighted by Crippen LogP contribution is 2.08. The van der Waals surface area contributed by atoms with E-state index in [1.54, 1.807) is 0 Å². The summed E-state index contributed by atoms with van der Waals surface area (Å²) >= 11 is 0. The van der Waals surface area contributed by atoms with Gasteiger partial charge in [-0.2, -0.15) is 0 Å². The van der Waals surface area contributed by atoms with Crippen molar-refractivity contribution in [2.45, 2.75) is 19.8 Å². The molecule has 0 spiro atoms. The summed E-state index contributed by atoms with van der Waals surface area (Å²) in [7, 11) is 0. The summed E-state index contributed by atoms with van der Waals surface area (Å²) in [5, 5.41) is 0. The van der Waals surface area contributed by atoms with Gasteiger partial charge < -0.3 is 4.74 Å². The molecule has 90 valence electrons. The standard InChI is InChI=1S/C10H14O.C6H6/c1-2-3-9-11-10-7-5-4-6-8-10;1-2-4-6-5-3-1/h4-8H,2-3,9H2,1H3;1-6H. The van der Waals surface area contributed by atoms with Crippen LogP contribution in [0.2, 0.25) is 0 Å². The first-order valence-corrected chi connectivity index (χ1v) is 6.11. The van der Waals surface area contributed by atoms with Crippen LogP contribution in [0.15, 0.2) is 66.7 Å². The zero-order valence-corrected chi connectivity index (χ0v) is 10.4. The first-order chi connectivity index (χ1) is 8.43. The Labute approximate surface area is 104 Å². The molecule has 2 aromatic rings. The molecule has 17 heavy (non-hydrogen) atoms. The smallest absolute Gasteiger partial charge is 0.119 e. The van der Waals surface area contributed by atoms with Crippen LogP contribution < -0.4 is 4.74 Å². The van der Waals surface area contributed by atoms with E-state index in [0.717, 1.165) is 18.8 Å². The van der Waals surface area contributed by atoms with Crippen molar-refractivity contribution in [3.63, 3.8) is 0 Å². The predicted molar refractivity (Wildman–Crippen MR) is 73.3 cm³/mol. The molecule has 0 fully saturated rings. The average Bonchev–Trinajstić information content (AvgIpc) is 2.43. The fourth-order valence-electron chi connectivity index (χ4n) is 1.24. The largest absolute Gasteiger partial charge is 0.494 e. The van der Waals surface area contributed by atoms with Gasteiger partial charge in [0, 0.05) is 0 Å². The van der Waals surface area contributed by atoms with Crippen LogP contribution >= 0.6 is 0 Å². The molecule has 0 unspecified atom stereocenters. The van der Waals surface area contributed by atoms with E-state index < -0.39 is 0 Å². The summed E-state index contributed by atoms with van der Waals surface area (Å²) in [6.07, 6.45) is 2.32. The third kappa shape index (κ3) is 7.18. The summed E-state index contributed by atoms with van der Waals surface area (Å²) in [5.41, 5.74) is 0. The molecule has 0 saturated carbocycles. The van der Waals surface area contributed by atoms with Crippen LogP contribution in [0, 0.1) is 0 Å². The third-order valence-corrected chi connectivity index (χ3v) is 2.18. The molecule has 0 heterocycles. The minimum atomic E-state index is 0.834. The van der Waals surface area contributed by atoms with E-state index in [4.69, 9.17) is 4.74 Å². The van der Waals surface area contributed by atoms with Crippen molar-refractivity contribution < 1.29 is 4.74 Å². The molecule has 1 nitrogen and oxygen atoms in total. The number of benzene rings is 2. The van der Waals surface area contributed by atoms with E-state index in [1.165, 1.54) is 6.42 Å². The van der Waals surface area contributed by atoms with Crippen LogP contribution in [-0.2, 0) is 0 Å². The number of para-hydroxylation sites is 1. The molecule has 0 saturated heterocycles. The van der Waals surface area contributed by atoms with Crippen LogP contribution in [0.5, 0.6) is 5.75 Å². The summed E-state index contributed by atoms with van der Waals surface area (Å²) < 4.78 is 5.45. The van der Waals surface area contributed by atoms with E-state index in [0.29, 0.717) is 0 Å². The molecular weight excluding hydrogens is 208 g/mol. The van der Waals surface area contributed by atoms with E-state index in [2.05, 4.69) is 6.92 Å². The Balaban J connectivity index is 0.000000202. The fraction of sp³-hybridized carbons (Fsp3) is 0.250. The van der Waals surface area contributed by atoms with Crippen molar-refractivity contribution in [2.24, 2.45) is 0 Å². The van der Waals surface area contributed by atoms with Crippen LogP contribution in [-0.4, -0.2) is 6.61 Å². The number of hydrogen-bond donors (Lipinski definition) is 0. The van der Waals surface area contributed by atoms with Gasteiger partial charge in [-0.15, -0.1) is 0 Å². The molecule has 0 atom stereocenters. The second-order valence-corrected chi connectivity index (χ2v) is 3.67. The van der Waals surface area contributed by atoms with Crippen LogP contribution in [0.25, 0.3) is 0 Å². The first kappa shape index (κ1) is 13.3. The van der Waals surface area contributed by atoms with Gasteiger partial charge in [-0.1, -0.05) is 67.9 Å². The molecule has 0 aromatic heterocycles. The van der Waals surface area contributed by atoms with E-state index >= 15 is 0 Å². The van der Waals surface area contributed by atoms with Crippen LogP contribution in [0.1, 0.15) is 19.8 Å². The minimum absolute atomic E-state index is 0.834. The lowest BCUT2D eigenvalue weighted by atomic mass is 10.3. The third-order valence-electron chi connectivity index (χ3n) is 2.18. The van der Waals surface area contributed by atoms with Gasteiger partial charge in [0.15, 0.2) is 0 Å². The zero-order chi connectivity index (χ0) is 12.2. The fourth-order valence-corrected chi connectivity index (χ4v) is 1.24. The SMILES string of the molecule is CCCCOc1ccccc1.c1ccccc1. The molecule has 0 bridgehead atoms. The highest BCUT2D eigenvalue weighted by atomic mass is 16.5. The van der Waals surface area contributed by atoms with Gasteiger partial charge in [0.05, 0.1) is 6.61 Å². The Kier molecular flexibility index (Phi) is 7.41. The van der Waals surface area contributed by atoms with E-state index in [-0.39, 0.29) is 0 Å². The summed E-state index contributed by atoms with van der Waals surface area (Å²) in [4.78, 5) is 0. The van der Waals surface area contributed by atoms with Crippen molar-refractivity contribution in [1.29, 1.82) is 0 Å². The minimum Gasteiger partial charge on any atom is -0.494 e. The lowest BCUT2D eigenvalue weighted by Gasteiger charge is -2.03.